The molecular weight excluding hydrogens is 148 g/mol. The van der Waals surface area contributed by atoms with Gasteiger partial charge in [-0.05, 0) is 12.8 Å². The molecule has 0 aromatic rings. The third-order valence-corrected chi connectivity index (χ3v) is 3.97. The molecule has 0 bridgehead atoms. The smallest absolute Gasteiger partial charge is 0.0818 e. The quantitative estimate of drug-likeness (QED) is 0.541. The Kier molecular flexibility index (Phi) is 1.90. The summed E-state index contributed by atoms with van der Waals surface area (Å²) in [6, 6.07) is 0. The first-order valence-corrected chi connectivity index (χ1v) is 5.58. The van der Waals surface area contributed by atoms with Gasteiger partial charge >= 0.3 is 0 Å². The Morgan fingerprint density at radius 2 is 1.45 bits per heavy atom. The molecule has 0 heterocycles. The van der Waals surface area contributed by atoms with Gasteiger partial charge in [0.15, 0.2) is 0 Å². The summed E-state index contributed by atoms with van der Waals surface area (Å²) in [7, 11) is -0.0872. The highest BCUT2D eigenvalue weighted by Gasteiger charge is 2.02. The van der Waals surface area contributed by atoms with Crippen molar-refractivity contribution in [2.75, 3.05) is 0 Å². The van der Waals surface area contributed by atoms with E-state index in [4.69, 9.17) is 0 Å². The molecular formula is C10H12Si. The van der Waals surface area contributed by atoms with Gasteiger partial charge in [-0.15, -0.1) is 0 Å². The first-order valence-electron chi connectivity index (χ1n) is 4.16. The van der Waals surface area contributed by atoms with E-state index in [1.807, 2.05) is 0 Å². The molecule has 2 aliphatic carbocycles. The SMILES string of the molecule is C1=CC([SiH2]C2=CCC=C2)=CC1. The largest absolute Gasteiger partial charge is 0.0866 e. The molecule has 0 radical (unpaired) electrons. The van der Waals surface area contributed by atoms with Gasteiger partial charge < -0.3 is 0 Å². The second kappa shape index (κ2) is 3.05. The van der Waals surface area contributed by atoms with Gasteiger partial charge in [-0.25, -0.2) is 0 Å². The highest BCUT2D eigenvalue weighted by atomic mass is 28.2. The summed E-state index contributed by atoms with van der Waals surface area (Å²) in [5.74, 6) is 0. The number of hydrogen-bond donors (Lipinski definition) is 0. The van der Waals surface area contributed by atoms with E-state index in [1.165, 1.54) is 12.8 Å². The summed E-state index contributed by atoms with van der Waals surface area (Å²) in [4.78, 5) is 0. The molecule has 0 saturated carbocycles. The van der Waals surface area contributed by atoms with Crippen molar-refractivity contribution in [1.29, 1.82) is 0 Å². The summed E-state index contributed by atoms with van der Waals surface area (Å²) in [6.45, 7) is 0. The van der Waals surface area contributed by atoms with Gasteiger partial charge in [0.2, 0.25) is 0 Å². The lowest BCUT2D eigenvalue weighted by molar-refractivity contribution is 1.44. The molecule has 0 aliphatic heterocycles. The maximum Gasteiger partial charge on any atom is 0.0866 e. The van der Waals surface area contributed by atoms with Crippen molar-refractivity contribution >= 4 is 9.52 Å². The van der Waals surface area contributed by atoms with Crippen LogP contribution in [0.3, 0.4) is 0 Å². The molecule has 0 nitrogen and oxygen atoms in total. The topological polar surface area (TPSA) is 0 Å². The van der Waals surface area contributed by atoms with E-state index in [1.54, 1.807) is 10.4 Å². The van der Waals surface area contributed by atoms with Crippen molar-refractivity contribution < 1.29 is 0 Å². The lowest BCUT2D eigenvalue weighted by Gasteiger charge is -1.95. The van der Waals surface area contributed by atoms with Crippen LogP contribution in [0, 0.1) is 0 Å². The highest BCUT2D eigenvalue weighted by molar-refractivity contribution is 6.56. The minimum atomic E-state index is -0.0872. The van der Waals surface area contributed by atoms with Gasteiger partial charge in [0.25, 0.3) is 0 Å². The Hall–Kier alpha value is -0.823. The average Bonchev–Trinajstić information content (AvgIpc) is 2.60. The van der Waals surface area contributed by atoms with Crippen LogP contribution in [0.15, 0.2) is 46.8 Å². The van der Waals surface area contributed by atoms with Crippen molar-refractivity contribution in [2.24, 2.45) is 0 Å². The zero-order valence-electron chi connectivity index (χ0n) is 6.59. The van der Waals surface area contributed by atoms with E-state index in [0.717, 1.165) is 0 Å². The summed E-state index contributed by atoms with van der Waals surface area (Å²) in [5, 5.41) is 3.23. The molecule has 2 rings (SSSR count). The van der Waals surface area contributed by atoms with Gasteiger partial charge in [0.1, 0.15) is 0 Å². The Labute approximate surface area is 69.8 Å². The van der Waals surface area contributed by atoms with Crippen LogP contribution in [-0.4, -0.2) is 9.52 Å². The lowest BCUT2D eigenvalue weighted by atomic mass is 10.5. The Bertz CT molecular complexity index is 239. The summed E-state index contributed by atoms with van der Waals surface area (Å²) >= 11 is 0. The molecule has 1 heteroatoms. The molecule has 0 aromatic carbocycles. The molecule has 0 N–H and O–H groups in total. The Morgan fingerprint density at radius 3 is 1.82 bits per heavy atom. The third kappa shape index (κ3) is 1.60. The second-order valence-electron chi connectivity index (χ2n) is 3.01. The number of allylic oxidation sites excluding steroid dienone is 8. The van der Waals surface area contributed by atoms with Crippen LogP contribution in [0.2, 0.25) is 0 Å². The maximum absolute atomic E-state index is 2.36. The minimum Gasteiger partial charge on any atom is -0.0818 e. The predicted octanol–water partition coefficient (Wildman–Crippen LogP) is 1.84. The molecule has 56 valence electrons. The molecule has 0 unspecified atom stereocenters. The predicted molar refractivity (Wildman–Crippen MR) is 52.2 cm³/mol. The normalized spacial score (nSPS) is 20.7. The van der Waals surface area contributed by atoms with E-state index >= 15 is 0 Å². The van der Waals surface area contributed by atoms with Gasteiger partial charge in [-0.1, -0.05) is 46.8 Å². The molecule has 0 atom stereocenters. The van der Waals surface area contributed by atoms with E-state index < -0.39 is 0 Å². The van der Waals surface area contributed by atoms with Crippen LogP contribution in [-0.2, 0) is 0 Å². The van der Waals surface area contributed by atoms with E-state index in [0.29, 0.717) is 0 Å². The van der Waals surface area contributed by atoms with Gasteiger partial charge in [-0.3, -0.25) is 0 Å². The first kappa shape index (κ1) is 6.86. The van der Waals surface area contributed by atoms with Crippen molar-refractivity contribution in [3.05, 3.63) is 46.8 Å². The number of rotatable bonds is 2. The van der Waals surface area contributed by atoms with Gasteiger partial charge in [0.05, 0.1) is 9.52 Å². The van der Waals surface area contributed by atoms with E-state index in [9.17, 15) is 0 Å². The van der Waals surface area contributed by atoms with Crippen molar-refractivity contribution in [3.8, 4) is 0 Å². The summed E-state index contributed by atoms with van der Waals surface area (Å²) in [6.07, 6.45) is 16.1. The molecule has 11 heavy (non-hydrogen) atoms. The Morgan fingerprint density at radius 1 is 0.909 bits per heavy atom. The zero-order valence-corrected chi connectivity index (χ0v) is 8.00. The van der Waals surface area contributed by atoms with Crippen LogP contribution in [0.5, 0.6) is 0 Å². The van der Waals surface area contributed by atoms with Crippen LogP contribution in [0.25, 0.3) is 0 Å². The summed E-state index contributed by atoms with van der Waals surface area (Å²) in [5.41, 5.74) is 0. The second-order valence-corrected chi connectivity index (χ2v) is 5.00. The fourth-order valence-corrected chi connectivity index (χ4v) is 3.17. The van der Waals surface area contributed by atoms with E-state index in [2.05, 4.69) is 36.5 Å². The molecule has 0 saturated heterocycles. The van der Waals surface area contributed by atoms with Crippen molar-refractivity contribution in [1.82, 2.24) is 0 Å². The Balaban J connectivity index is 1.99. The van der Waals surface area contributed by atoms with Crippen molar-refractivity contribution in [3.63, 3.8) is 0 Å². The molecule has 0 spiro atoms. The van der Waals surface area contributed by atoms with Gasteiger partial charge in [0, 0.05) is 0 Å². The summed E-state index contributed by atoms with van der Waals surface area (Å²) < 4.78 is 0. The standard InChI is InChI=1S/C10H12Si/c1-2-6-9(5-1)11-10-7-3-4-8-10/h1,3,5-8H,2,4,11H2. The number of hydrogen-bond acceptors (Lipinski definition) is 0. The molecule has 0 aromatic heterocycles. The first-order chi connectivity index (χ1) is 5.45. The van der Waals surface area contributed by atoms with Gasteiger partial charge in [-0.2, -0.15) is 0 Å². The fourth-order valence-electron chi connectivity index (χ4n) is 1.51. The lowest BCUT2D eigenvalue weighted by Crippen LogP contribution is -1.93. The van der Waals surface area contributed by atoms with Crippen LogP contribution in [0.1, 0.15) is 12.8 Å². The minimum absolute atomic E-state index is 0.0872. The van der Waals surface area contributed by atoms with E-state index in [-0.39, 0.29) is 9.52 Å². The molecule has 0 amide bonds. The van der Waals surface area contributed by atoms with Crippen LogP contribution < -0.4 is 0 Å². The monoisotopic (exact) mass is 160 g/mol. The fraction of sp³-hybridized carbons (Fsp3) is 0.200. The maximum atomic E-state index is 2.36. The zero-order chi connectivity index (χ0) is 7.52. The van der Waals surface area contributed by atoms with Crippen LogP contribution in [0.4, 0.5) is 0 Å². The molecule has 2 aliphatic rings. The van der Waals surface area contributed by atoms with Crippen LogP contribution >= 0.6 is 0 Å². The highest BCUT2D eigenvalue weighted by Crippen LogP contribution is 2.14. The van der Waals surface area contributed by atoms with Crippen molar-refractivity contribution in [2.45, 2.75) is 12.8 Å². The third-order valence-electron chi connectivity index (χ3n) is 2.10. The molecule has 0 fully saturated rings. The average molecular weight is 160 g/mol.